The van der Waals surface area contributed by atoms with E-state index in [1.165, 1.54) is 12.1 Å². The van der Waals surface area contributed by atoms with Crippen molar-refractivity contribution in [2.24, 2.45) is 5.16 Å². The molecule has 0 radical (unpaired) electrons. The Morgan fingerprint density at radius 3 is 2.56 bits per heavy atom. The number of benzene rings is 3. The van der Waals surface area contributed by atoms with Gasteiger partial charge in [-0.3, -0.25) is 4.79 Å². The molecule has 1 unspecified atom stereocenters. The molecule has 176 valence electrons. The van der Waals surface area contributed by atoms with Crippen LogP contribution in [0.4, 0.5) is 4.79 Å². The van der Waals surface area contributed by atoms with Crippen LogP contribution in [0.1, 0.15) is 17.5 Å². The van der Waals surface area contributed by atoms with Crippen molar-refractivity contribution in [2.75, 3.05) is 6.54 Å². The van der Waals surface area contributed by atoms with Gasteiger partial charge in [0.05, 0.1) is 6.54 Å². The fourth-order valence-corrected chi connectivity index (χ4v) is 4.02. The number of phenols is 1. The number of rotatable bonds is 8. The highest BCUT2D eigenvalue weighted by Crippen LogP contribution is 2.17. The molecular weight excluding hydrogens is 502 g/mol. The lowest BCUT2D eigenvalue weighted by molar-refractivity contribution is -0.123. The molecule has 0 saturated heterocycles. The first-order valence-electron chi connectivity index (χ1n) is 10.8. The van der Waals surface area contributed by atoms with Crippen LogP contribution in [-0.2, 0) is 27.4 Å². The van der Waals surface area contributed by atoms with E-state index in [1.807, 2.05) is 42.5 Å². The van der Waals surface area contributed by atoms with Gasteiger partial charge in [0.2, 0.25) is 5.91 Å². The molecule has 2 amide bonds. The van der Waals surface area contributed by atoms with Crippen LogP contribution in [0, 0.1) is 0 Å². The number of hydrogen-bond donors (Lipinski definition) is 3. The first kappa shape index (κ1) is 23.6. The molecule has 0 bridgehead atoms. The zero-order valence-electron chi connectivity index (χ0n) is 18.2. The smallest absolute Gasteiger partial charge is 0.408 e. The van der Waals surface area contributed by atoms with Gasteiger partial charge in [-0.25, -0.2) is 4.79 Å². The van der Waals surface area contributed by atoms with Crippen molar-refractivity contribution in [3.05, 3.63) is 77.9 Å². The third-order valence-corrected chi connectivity index (χ3v) is 5.84. The van der Waals surface area contributed by atoms with Crippen LogP contribution < -0.4 is 10.6 Å². The average molecular weight is 526 g/mol. The third kappa shape index (κ3) is 6.48. The van der Waals surface area contributed by atoms with Crippen molar-refractivity contribution in [2.45, 2.75) is 31.6 Å². The standard InChI is InChI=1S/C25H24BrN3O5/c26-23-13-21(34-29-23)14-27-24(31)22(12-16-6-9-20(30)10-7-16)28-25(32)33-15-17-5-8-18-3-1-2-4-19(18)11-17/h1-11,21-22,30H,12-15H2,(H,27,31)(H,28,32)/t21-,22?/m0/s1. The van der Waals surface area contributed by atoms with Crippen LogP contribution in [0.5, 0.6) is 5.75 Å². The van der Waals surface area contributed by atoms with Gasteiger partial charge in [-0.15, -0.1) is 0 Å². The number of amides is 2. The van der Waals surface area contributed by atoms with Crippen molar-refractivity contribution in [1.82, 2.24) is 10.6 Å². The summed E-state index contributed by atoms with van der Waals surface area (Å²) in [5, 5.41) is 20.9. The van der Waals surface area contributed by atoms with Crippen molar-refractivity contribution in [3.63, 3.8) is 0 Å². The van der Waals surface area contributed by atoms with Crippen LogP contribution >= 0.6 is 15.9 Å². The van der Waals surface area contributed by atoms with E-state index in [4.69, 9.17) is 9.57 Å². The number of aromatic hydroxyl groups is 1. The second kappa shape index (κ2) is 11.0. The number of fused-ring (bicyclic) bond motifs is 1. The molecular formula is C25H24BrN3O5. The summed E-state index contributed by atoms with van der Waals surface area (Å²) in [5.41, 5.74) is 1.62. The Balaban J connectivity index is 1.36. The summed E-state index contributed by atoms with van der Waals surface area (Å²) in [6.45, 7) is 0.322. The molecule has 3 N–H and O–H groups in total. The highest BCUT2D eigenvalue weighted by atomic mass is 79.9. The molecule has 0 aliphatic carbocycles. The predicted octanol–water partition coefficient (Wildman–Crippen LogP) is 4.00. The number of ether oxygens (including phenoxy) is 1. The van der Waals surface area contributed by atoms with Crippen LogP contribution in [0.2, 0.25) is 0 Å². The summed E-state index contributed by atoms with van der Waals surface area (Å²) in [5.74, 6) is -0.251. The molecule has 9 heteroatoms. The maximum Gasteiger partial charge on any atom is 0.408 e. The molecule has 3 aromatic carbocycles. The van der Waals surface area contributed by atoms with E-state index in [2.05, 4.69) is 31.7 Å². The van der Waals surface area contributed by atoms with Gasteiger partial charge in [0.15, 0.2) is 6.10 Å². The SMILES string of the molecule is O=C(NC(Cc1ccc(O)cc1)C(=O)NC[C@@H]1CC(Br)=NO1)OCc1ccc2ccccc2c1. The molecule has 1 heterocycles. The second-order valence-electron chi connectivity index (χ2n) is 7.97. The molecule has 34 heavy (non-hydrogen) atoms. The van der Waals surface area contributed by atoms with Crippen LogP contribution in [0.3, 0.4) is 0 Å². The van der Waals surface area contributed by atoms with E-state index in [0.717, 1.165) is 21.9 Å². The molecule has 0 saturated carbocycles. The lowest BCUT2D eigenvalue weighted by Crippen LogP contribution is -2.49. The zero-order valence-corrected chi connectivity index (χ0v) is 19.8. The van der Waals surface area contributed by atoms with Gasteiger partial charge in [0.25, 0.3) is 0 Å². The van der Waals surface area contributed by atoms with Crippen molar-refractivity contribution >= 4 is 43.3 Å². The summed E-state index contributed by atoms with van der Waals surface area (Å²) in [6, 6.07) is 19.3. The number of carbonyl (C=O) groups excluding carboxylic acids is 2. The van der Waals surface area contributed by atoms with E-state index in [-0.39, 0.29) is 37.3 Å². The van der Waals surface area contributed by atoms with Crippen LogP contribution in [-0.4, -0.2) is 40.4 Å². The lowest BCUT2D eigenvalue weighted by Gasteiger charge is -2.19. The summed E-state index contributed by atoms with van der Waals surface area (Å²) >= 11 is 3.27. The predicted molar refractivity (Wildman–Crippen MR) is 132 cm³/mol. The van der Waals surface area contributed by atoms with Gasteiger partial charge in [0.1, 0.15) is 23.0 Å². The molecule has 0 spiro atoms. The van der Waals surface area contributed by atoms with E-state index in [9.17, 15) is 14.7 Å². The highest BCUT2D eigenvalue weighted by Gasteiger charge is 2.25. The topological polar surface area (TPSA) is 109 Å². The molecule has 8 nitrogen and oxygen atoms in total. The van der Waals surface area contributed by atoms with Crippen molar-refractivity contribution in [3.8, 4) is 5.75 Å². The number of halogens is 1. The Kier molecular flexibility index (Phi) is 7.64. The molecule has 4 rings (SSSR count). The van der Waals surface area contributed by atoms with Gasteiger partial charge >= 0.3 is 6.09 Å². The monoisotopic (exact) mass is 525 g/mol. The summed E-state index contributed by atoms with van der Waals surface area (Å²) in [7, 11) is 0. The third-order valence-electron chi connectivity index (χ3n) is 5.37. The van der Waals surface area contributed by atoms with Gasteiger partial charge in [0, 0.05) is 12.8 Å². The number of nitrogens with one attached hydrogen (secondary N) is 2. The maximum absolute atomic E-state index is 12.9. The lowest BCUT2D eigenvalue weighted by atomic mass is 10.0. The normalized spacial score (nSPS) is 15.8. The summed E-state index contributed by atoms with van der Waals surface area (Å²) in [6.07, 6.45) is -0.185. The van der Waals surface area contributed by atoms with Crippen LogP contribution in [0.15, 0.2) is 71.9 Å². The number of phenolic OH excluding ortho intramolecular Hbond substituents is 1. The van der Waals surface area contributed by atoms with E-state index < -0.39 is 12.1 Å². The Morgan fingerprint density at radius 1 is 1.09 bits per heavy atom. The second-order valence-corrected chi connectivity index (χ2v) is 8.88. The van der Waals surface area contributed by atoms with E-state index >= 15 is 0 Å². The van der Waals surface area contributed by atoms with Gasteiger partial charge in [-0.1, -0.05) is 53.7 Å². The molecule has 1 aliphatic heterocycles. The Labute approximate surface area is 205 Å². The Morgan fingerprint density at radius 2 is 1.82 bits per heavy atom. The van der Waals surface area contributed by atoms with Gasteiger partial charge in [-0.05, 0) is 56.0 Å². The molecule has 2 atom stereocenters. The fourth-order valence-electron chi connectivity index (χ4n) is 3.58. The van der Waals surface area contributed by atoms with E-state index in [1.54, 1.807) is 12.1 Å². The summed E-state index contributed by atoms with van der Waals surface area (Å²) < 4.78 is 6.07. The van der Waals surface area contributed by atoms with Crippen molar-refractivity contribution in [1.29, 1.82) is 0 Å². The Bertz CT molecular complexity index is 1200. The minimum Gasteiger partial charge on any atom is -0.508 e. The molecule has 0 aromatic heterocycles. The van der Waals surface area contributed by atoms with E-state index in [0.29, 0.717) is 11.0 Å². The first-order chi connectivity index (χ1) is 16.5. The average Bonchev–Trinajstić information content (AvgIpc) is 3.27. The number of nitrogens with zero attached hydrogens (tertiary/aromatic N) is 1. The number of hydrogen-bond acceptors (Lipinski definition) is 6. The molecule has 1 aliphatic rings. The number of alkyl carbamates (subject to hydrolysis) is 1. The fraction of sp³-hybridized carbons (Fsp3) is 0.240. The zero-order chi connectivity index (χ0) is 23.9. The number of oxime groups is 1. The van der Waals surface area contributed by atoms with Gasteiger partial charge in [-0.2, -0.15) is 0 Å². The summed E-state index contributed by atoms with van der Waals surface area (Å²) in [4.78, 5) is 30.6. The maximum atomic E-state index is 12.9. The van der Waals surface area contributed by atoms with Crippen molar-refractivity contribution < 1.29 is 24.3 Å². The Hall–Kier alpha value is -3.59. The minimum atomic E-state index is -0.876. The van der Waals surface area contributed by atoms with Gasteiger partial charge < -0.3 is 25.3 Å². The minimum absolute atomic E-state index is 0.0749. The molecule has 3 aromatic rings. The first-order valence-corrected chi connectivity index (χ1v) is 11.6. The quantitative estimate of drug-likeness (QED) is 0.411. The number of carbonyl (C=O) groups is 2. The molecule has 0 fully saturated rings. The van der Waals surface area contributed by atoms with Crippen LogP contribution in [0.25, 0.3) is 10.8 Å². The largest absolute Gasteiger partial charge is 0.508 e. The highest BCUT2D eigenvalue weighted by molar-refractivity contribution is 9.18.